The molecule has 0 amide bonds. The molecule has 20 heavy (non-hydrogen) atoms. The van der Waals surface area contributed by atoms with E-state index in [-0.39, 0.29) is 5.82 Å². The molecule has 4 heteroatoms. The Kier molecular flexibility index (Phi) is 4.25. The maximum Gasteiger partial charge on any atom is 0.142 e. The number of hydrogen-bond donors (Lipinski definition) is 1. The van der Waals surface area contributed by atoms with Crippen LogP contribution < -0.4 is 9.64 Å². The van der Waals surface area contributed by atoms with Crippen LogP contribution >= 0.6 is 0 Å². The summed E-state index contributed by atoms with van der Waals surface area (Å²) in [5, 5.41) is 9.83. The molecule has 0 radical (unpaired) electrons. The standard InChI is InChI=1S/C16H18FNO2/c1-11(19)13-10-12(17)8-9-14(13)18(2)15-6-4-5-7-16(15)20-3/h4-11,19H,1-3H3/t11-/m0/s1. The summed E-state index contributed by atoms with van der Waals surface area (Å²) < 4.78 is 18.7. The molecular weight excluding hydrogens is 257 g/mol. The van der Waals surface area contributed by atoms with Crippen molar-refractivity contribution in [2.24, 2.45) is 0 Å². The fourth-order valence-corrected chi connectivity index (χ4v) is 2.20. The van der Waals surface area contributed by atoms with Gasteiger partial charge in [0.05, 0.1) is 18.9 Å². The van der Waals surface area contributed by atoms with Gasteiger partial charge in [-0.15, -0.1) is 0 Å². The molecule has 0 aliphatic rings. The summed E-state index contributed by atoms with van der Waals surface area (Å²) >= 11 is 0. The van der Waals surface area contributed by atoms with Crippen LogP contribution in [0.1, 0.15) is 18.6 Å². The second-order valence-corrected chi connectivity index (χ2v) is 4.61. The van der Waals surface area contributed by atoms with Gasteiger partial charge in [0, 0.05) is 18.3 Å². The Morgan fingerprint density at radius 1 is 1.15 bits per heavy atom. The number of anilines is 2. The molecule has 0 unspecified atom stereocenters. The number of ether oxygens (including phenoxy) is 1. The van der Waals surface area contributed by atoms with Gasteiger partial charge in [-0.05, 0) is 37.3 Å². The van der Waals surface area contributed by atoms with Crippen molar-refractivity contribution in [1.29, 1.82) is 0 Å². The SMILES string of the molecule is COc1ccccc1N(C)c1ccc(F)cc1[C@H](C)O. The number of hydrogen-bond acceptors (Lipinski definition) is 3. The van der Waals surface area contributed by atoms with Crippen molar-refractivity contribution in [2.45, 2.75) is 13.0 Å². The summed E-state index contributed by atoms with van der Waals surface area (Å²) in [5.74, 6) is 0.356. The average Bonchev–Trinajstić information content (AvgIpc) is 2.46. The molecule has 1 N–H and O–H groups in total. The number of methoxy groups -OCH3 is 1. The van der Waals surface area contributed by atoms with Gasteiger partial charge in [0.1, 0.15) is 11.6 Å². The first-order valence-electron chi connectivity index (χ1n) is 6.39. The Morgan fingerprint density at radius 2 is 1.85 bits per heavy atom. The quantitative estimate of drug-likeness (QED) is 0.924. The maximum atomic E-state index is 13.4. The number of benzene rings is 2. The van der Waals surface area contributed by atoms with Gasteiger partial charge >= 0.3 is 0 Å². The number of nitrogens with zero attached hydrogens (tertiary/aromatic N) is 1. The monoisotopic (exact) mass is 275 g/mol. The van der Waals surface area contributed by atoms with Crippen LogP contribution in [0.3, 0.4) is 0 Å². The topological polar surface area (TPSA) is 32.7 Å². The molecule has 0 aliphatic carbocycles. The average molecular weight is 275 g/mol. The number of aliphatic hydroxyl groups excluding tert-OH is 1. The zero-order valence-electron chi connectivity index (χ0n) is 11.8. The highest BCUT2D eigenvalue weighted by atomic mass is 19.1. The molecule has 2 aromatic rings. The van der Waals surface area contributed by atoms with E-state index in [1.807, 2.05) is 36.2 Å². The predicted octanol–water partition coefficient (Wildman–Crippen LogP) is 3.66. The molecule has 0 heterocycles. The summed E-state index contributed by atoms with van der Waals surface area (Å²) in [6.45, 7) is 1.62. The molecule has 0 fully saturated rings. The third-order valence-electron chi connectivity index (χ3n) is 3.25. The Labute approximate surface area is 118 Å². The highest BCUT2D eigenvalue weighted by Crippen LogP contribution is 2.36. The van der Waals surface area contributed by atoms with E-state index in [0.29, 0.717) is 5.56 Å². The molecule has 0 saturated heterocycles. The largest absolute Gasteiger partial charge is 0.495 e. The van der Waals surface area contributed by atoms with Crippen molar-refractivity contribution in [3.8, 4) is 5.75 Å². The molecule has 3 nitrogen and oxygen atoms in total. The van der Waals surface area contributed by atoms with Crippen LogP contribution in [0, 0.1) is 5.82 Å². The van der Waals surface area contributed by atoms with E-state index < -0.39 is 6.10 Å². The fraction of sp³-hybridized carbons (Fsp3) is 0.250. The van der Waals surface area contributed by atoms with Crippen LogP contribution in [-0.2, 0) is 0 Å². The van der Waals surface area contributed by atoms with Gasteiger partial charge in [-0.2, -0.15) is 0 Å². The van der Waals surface area contributed by atoms with Crippen LogP contribution in [0.4, 0.5) is 15.8 Å². The Morgan fingerprint density at radius 3 is 2.50 bits per heavy atom. The van der Waals surface area contributed by atoms with Crippen molar-refractivity contribution in [1.82, 2.24) is 0 Å². The van der Waals surface area contributed by atoms with Crippen LogP contribution in [0.15, 0.2) is 42.5 Å². The van der Waals surface area contributed by atoms with Crippen molar-refractivity contribution in [2.75, 3.05) is 19.1 Å². The van der Waals surface area contributed by atoms with E-state index in [1.165, 1.54) is 12.1 Å². The second kappa shape index (κ2) is 5.92. The summed E-state index contributed by atoms with van der Waals surface area (Å²) in [6.07, 6.45) is -0.752. The maximum absolute atomic E-state index is 13.4. The lowest BCUT2D eigenvalue weighted by Gasteiger charge is -2.25. The van der Waals surface area contributed by atoms with Gasteiger partial charge in [-0.3, -0.25) is 0 Å². The number of aliphatic hydroxyl groups is 1. The fourth-order valence-electron chi connectivity index (χ4n) is 2.20. The lowest BCUT2D eigenvalue weighted by atomic mass is 10.1. The van der Waals surface area contributed by atoms with Gasteiger partial charge in [-0.25, -0.2) is 4.39 Å². The first-order chi connectivity index (χ1) is 9.54. The normalized spacial score (nSPS) is 12.1. The Bertz CT molecular complexity index is 599. The third kappa shape index (κ3) is 2.75. The summed E-state index contributed by atoms with van der Waals surface area (Å²) in [4.78, 5) is 1.88. The summed E-state index contributed by atoms with van der Waals surface area (Å²) in [6, 6.07) is 11.9. The molecule has 0 aromatic heterocycles. The Balaban J connectivity index is 2.50. The molecule has 1 atom stereocenters. The van der Waals surface area contributed by atoms with Crippen LogP contribution in [0.5, 0.6) is 5.75 Å². The minimum absolute atomic E-state index is 0.363. The lowest BCUT2D eigenvalue weighted by Crippen LogP contribution is -2.14. The van der Waals surface area contributed by atoms with Crippen LogP contribution in [0.25, 0.3) is 0 Å². The minimum atomic E-state index is -0.752. The lowest BCUT2D eigenvalue weighted by molar-refractivity contribution is 0.199. The zero-order valence-corrected chi connectivity index (χ0v) is 11.8. The van der Waals surface area contributed by atoms with E-state index in [4.69, 9.17) is 4.74 Å². The number of rotatable bonds is 4. The van der Waals surface area contributed by atoms with Gasteiger partial charge in [-0.1, -0.05) is 12.1 Å². The predicted molar refractivity (Wildman–Crippen MR) is 78.1 cm³/mol. The smallest absolute Gasteiger partial charge is 0.142 e. The second-order valence-electron chi connectivity index (χ2n) is 4.61. The van der Waals surface area contributed by atoms with Crippen molar-refractivity contribution >= 4 is 11.4 Å². The van der Waals surface area contributed by atoms with E-state index in [0.717, 1.165) is 17.1 Å². The summed E-state index contributed by atoms with van der Waals surface area (Å²) in [5.41, 5.74) is 2.13. The number of halogens is 1. The first kappa shape index (κ1) is 14.3. The van der Waals surface area contributed by atoms with Crippen molar-refractivity contribution in [3.05, 3.63) is 53.8 Å². The first-order valence-corrected chi connectivity index (χ1v) is 6.39. The van der Waals surface area contributed by atoms with Crippen molar-refractivity contribution in [3.63, 3.8) is 0 Å². The highest BCUT2D eigenvalue weighted by Gasteiger charge is 2.16. The van der Waals surface area contributed by atoms with Gasteiger partial charge in [0.2, 0.25) is 0 Å². The van der Waals surface area contributed by atoms with Gasteiger partial charge < -0.3 is 14.7 Å². The number of para-hydroxylation sites is 2. The summed E-state index contributed by atoms with van der Waals surface area (Å²) in [7, 11) is 3.46. The molecule has 0 spiro atoms. The van der Waals surface area contributed by atoms with Crippen LogP contribution in [-0.4, -0.2) is 19.3 Å². The van der Waals surface area contributed by atoms with E-state index in [9.17, 15) is 9.50 Å². The van der Waals surface area contributed by atoms with Gasteiger partial charge in [0.25, 0.3) is 0 Å². The zero-order chi connectivity index (χ0) is 14.7. The molecule has 2 aromatic carbocycles. The molecule has 0 aliphatic heterocycles. The van der Waals surface area contributed by atoms with E-state index in [2.05, 4.69) is 0 Å². The molecule has 0 saturated carbocycles. The molecule has 0 bridgehead atoms. The van der Waals surface area contributed by atoms with Gasteiger partial charge in [0.15, 0.2) is 0 Å². The molecule has 2 rings (SSSR count). The molecule has 106 valence electrons. The third-order valence-corrected chi connectivity index (χ3v) is 3.25. The van der Waals surface area contributed by atoms with E-state index in [1.54, 1.807) is 20.1 Å². The van der Waals surface area contributed by atoms with Crippen molar-refractivity contribution < 1.29 is 14.2 Å². The molecular formula is C16H18FNO2. The highest BCUT2D eigenvalue weighted by molar-refractivity contribution is 5.71. The van der Waals surface area contributed by atoms with Crippen LogP contribution in [0.2, 0.25) is 0 Å². The van der Waals surface area contributed by atoms with E-state index >= 15 is 0 Å². The Hall–Kier alpha value is -2.07. The minimum Gasteiger partial charge on any atom is -0.495 e.